The van der Waals surface area contributed by atoms with Gasteiger partial charge in [0.15, 0.2) is 0 Å². The molecule has 0 aliphatic carbocycles. The Labute approximate surface area is 195 Å². The van der Waals surface area contributed by atoms with E-state index < -0.39 is 5.25 Å². The molecule has 3 aromatic carbocycles. The number of ether oxygens (including phenoxy) is 1. The quantitative estimate of drug-likeness (QED) is 0.404. The fraction of sp³-hybridized carbons (Fsp3) is 0.192. The first-order chi connectivity index (χ1) is 16.1. The largest absolute Gasteiger partial charge is 0.493 e. The normalized spacial score (nSPS) is 15.7. The van der Waals surface area contributed by atoms with Crippen molar-refractivity contribution in [1.82, 2.24) is 10.3 Å². The zero-order valence-electron chi connectivity index (χ0n) is 18.0. The lowest BCUT2D eigenvalue weighted by molar-refractivity contribution is -0.118. The number of oxazole rings is 1. The van der Waals surface area contributed by atoms with Crippen LogP contribution in [-0.4, -0.2) is 28.0 Å². The van der Waals surface area contributed by atoms with E-state index in [2.05, 4.69) is 10.3 Å². The van der Waals surface area contributed by atoms with Crippen molar-refractivity contribution < 1.29 is 18.7 Å². The highest BCUT2D eigenvalue weighted by molar-refractivity contribution is 8.15. The molecule has 1 aromatic heterocycles. The summed E-state index contributed by atoms with van der Waals surface area (Å²) in [6, 6.07) is 21.7. The van der Waals surface area contributed by atoms with Crippen LogP contribution < -0.4 is 10.1 Å². The van der Waals surface area contributed by atoms with E-state index in [4.69, 9.17) is 9.15 Å². The highest BCUT2D eigenvalue weighted by Gasteiger charge is 2.32. The maximum absolute atomic E-state index is 12.0. The number of amides is 2. The molecule has 1 aliphatic heterocycles. The average Bonchev–Trinajstić information content (AvgIpc) is 3.36. The van der Waals surface area contributed by atoms with E-state index in [1.807, 2.05) is 73.7 Å². The summed E-state index contributed by atoms with van der Waals surface area (Å²) in [4.78, 5) is 28.2. The predicted molar refractivity (Wildman–Crippen MR) is 128 cm³/mol. The van der Waals surface area contributed by atoms with Gasteiger partial charge in [-0.25, -0.2) is 4.98 Å². The number of carbonyl (C=O) groups is 2. The van der Waals surface area contributed by atoms with E-state index in [1.54, 1.807) is 0 Å². The molecule has 166 valence electrons. The first-order valence-corrected chi connectivity index (χ1v) is 11.6. The molecular formula is C26H22N2O4S. The van der Waals surface area contributed by atoms with Crippen molar-refractivity contribution in [2.45, 2.75) is 25.0 Å². The molecule has 7 heteroatoms. The molecule has 2 heterocycles. The standard InChI is InChI=1S/C26H22N2O4S/c1-16-21(27-25(32-16)17-7-3-2-4-8-17)13-14-31-22-12-11-18(19-9-5-6-10-20(19)22)15-23-24(29)28-26(30)33-23/h2-12,23H,13-15H2,1H3,(H,28,29,30)/t23-/m1/s1. The Morgan fingerprint density at radius 1 is 1.00 bits per heavy atom. The van der Waals surface area contributed by atoms with Crippen molar-refractivity contribution in [2.75, 3.05) is 6.61 Å². The Morgan fingerprint density at radius 3 is 2.52 bits per heavy atom. The van der Waals surface area contributed by atoms with Crippen LogP contribution >= 0.6 is 11.8 Å². The van der Waals surface area contributed by atoms with E-state index in [1.165, 1.54) is 0 Å². The summed E-state index contributed by atoms with van der Waals surface area (Å²) < 4.78 is 12.0. The number of benzene rings is 3. The van der Waals surface area contributed by atoms with Crippen LogP contribution in [-0.2, 0) is 17.6 Å². The second-order valence-electron chi connectivity index (χ2n) is 7.84. The van der Waals surface area contributed by atoms with Gasteiger partial charge in [0.1, 0.15) is 11.5 Å². The zero-order valence-corrected chi connectivity index (χ0v) is 18.9. The summed E-state index contributed by atoms with van der Waals surface area (Å²) in [5.41, 5.74) is 2.84. The summed E-state index contributed by atoms with van der Waals surface area (Å²) in [7, 11) is 0. The van der Waals surface area contributed by atoms with Crippen LogP contribution in [0.25, 0.3) is 22.2 Å². The average molecular weight is 459 g/mol. The lowest BCUT2D eigenvalue weighted by atomic mass is 10.00. The van der Waals surface area contributed by atoms with Crippen molar-refractivity contribution >= 4 is 33.7 Å². The highest BCUT2D eigenvalue weighted by Crippen LogP contribution is 2.32. The number of hydrogen-bond acceptors (Lipinski definition) is 6. The molecule has 2 amide bonds. The smallest absolute Gasteiger partial charge is 0.286 e. The van der Waals surface area contributed by atoms with Crippen molar-refractivity contribution in [2.24, 2.45) is 0 Å². The van der Waals surface area contributed by atoms with Crippen molar-refractivity contribution in [3.63, 3.8) is 0 Å². The van der Waals surface area contributed by atoms with Gasteiger partial charge >= 0.3 is 0 Å². The fourth-order valence-corrected chi connectivity index (χ4v) is 4.83. The number of thioether (sulfide) groups is 1. The molecule has 5 rings (SSSR count). The summed E-state index contributed by atoms with van der Waals surface area (Å²) in [5.74, 6) is 1.95. The van der Waals surface area contributed by atoms with Crippen LogP contribution in [0.3, 0.4) is 0 Å². The maximum atomic E-state index is 12.0. The minimum absolute atomic E-state index is 0.229. The van der Waals surface area contributed by atoms with Gasteiger partial charge in [-0.2, -0.15) is 0 Å². The Balaban J connectivity index is 1.31. The Kier molecular flexibility index (Phi) is 5.88. The molecule has 1 saturated heterocycles. The molecule has 0 spiro atoms. The highest BCUT2D eigenvalue weighted by atomic mass is 32.2. The minimum Gasteiger partial charge on any atom is -0.493 e. The van der Waals surface area contributed by atoms with E-state index >= 15 is 0 Å². The Morgan fingerprint density at radius 2 is 1.76 bits per heavy atom. The monoisotopic (exact) mass is 458 g/mol. The van der Waals surface area contributed by atoms with E-state index in [0.717, 1.165) is 50.9 Å². The molecule has 0 bridgehead atoms. The molecule has 33 heavy (non-hydrogen) atoms. The third-order valence-corrected chi connectivity index (χ3v) is 6.64. The summed E-state index contributed by atoms with van der Waals surface area (Å²) in [6.07, 6.45) is 1.11. The van der Waals surface area contributed by atoms with Gasteiger partial charge in [-0.1, -0.05) is 60.3 Å². The van der Waals surface area contributed by atoms with Gasteiger partial charge < -0.3 is 9.15 Å². The number of imide groups is 1. The third kappa shape index (κ3) is 4.50. The Hall–Kier alpha value is -3.58. The van der Waals surface area contributed by atoms with Crippen molar-refractivity contribution in [1.29, 1.82) is 0 Å². The molecule has 1 atom stereocenters. The van der Waals surface area contributed by atoms with Crippen LogP contribution in [0, 0.1) is 6.92 Å². The van der Waals surface area contributed by atoms with Crippen molar-refractivity contribution in [3.8, 4) is 17.2 Å². The first-order valence-electron chi connectivity index (χ1n) is 10.7. The molecule has 1 aliphatic rings. The third-order valence-electron chi connectivity index (χ3n) is 5.66. The second-order valence-corrected chi connectivity index (χ2v) is 9.02. The van der Waals surface area contributed by atoms with Crippen LogP contribution in [0.15, 0.2) is 71.1 Å². The minimum atomic E-state index is -0.401. The van der Waals surface area contributed by atoms with Gasteiger partial charge in [0, 0.05) is 17.4 Å². The number of nitrogens with zero attached hydrogens (tertiary/aromatic N) is 1. The van der Waals surface area contributed by atoms with E-state index in [-0.39, 0.29) is 11.1 Å². The van der Waals surface area contributed by atoms with Gasteiger partial charge in [0.25, 0.3) is 5.24 Å². The number of nitrogens with one attached hydrogen (secondary N) is 1. The first kappa shape index (κ1) is 21.3. The molecule has 1 N–H and O–H groups in total. The topological polar surface area (TPSA) is 81.4 Å². The Bertz CT molecular complexity index is 1330. The molecule has 4 aromatic rings. The summed E-state index contributed by atoms with van der Waals surface area (Å²) >= 11 is 1.05. The number of rotatable bonds is 7. The number of aromatic nitrogens is 1. The van der Waals surface area contributed by atoms with Gasteiger partial charge in [-0.15, -0.1) is 0 Å². The van der Waals surface area contributed by atoms with Crippen LogP contribution in [0.2, 0.25) is 0 Å². The number of hydrogen-bond donors (Lipinski definition) is 1. The molecule has 1 fully saturated rings. The van der Waals surface area contributed by atoms with E-state index in [0.29, 0.717) is 25.3 Å². The molecule has 0 radical (unpaired) electrons. The maximum Gasteiger partial charge on any atom is 0.286 e. The molecule has 0 saturated carbocycles. The summed E-state index contributed by atoms with van der Waals surface area (Å²) in [5, 5.41) is 3.67. The lowest BCUT2D eigenvalue weighted by Crippen LogP contribution is -2.25. The fourth-order valence-electron chi connectivity index (χ4n) is 3.99. The zero-order chi connectivity index (χ0) is 22.8. The lowest BCUT2D eigenvalue weighted by Gasteiger charge is -2.13. The van der Waals surface area contributed by atoms with Crippen LogP contribution in [0.4, 0.5) is 4.79 Å². The second kappa shape index (κ2) is 9.11. The predicted octanol–water partition coefficient (Wildman–Crippen LogP) is 5.32. The van der Waals surface area contributed by atoms with Crippen LogP contribution in [0.5, 0.6) is 5.75 Å². The van der Waals surface area contributed by atoms with Gasteiger partial charge in [-0.05, 0) is 42.5 Å². The molecule has 0 unspecified atom stereocenters. The summed E-state index contributed by atoms with van der Waals surface area (Å²) in [6.45, 7) is 2.38. The SMILES string of the molecule is Cc1oc(-c2ccccc2)nc1CCOc1ccc(C[C@H]2SC(=O)NC2=O)c2ccccc12. The number of aryl methyl sites for hydroxylation is 1. The van der Waals surface area contributed by atoms with E-state index in [9.17, 15) is 9.59 Å². The molecular weight excluding hydrogens is 436 g/mol. The van der Waals surface area contributed by atoms with Gasteiger partial charge in [-0.3, -0.25) is 14.9 Å². The van der Waals surface area contributed by atoms with Gasteiger partial charge in [0.05, 0.1) is 17.6 Å². The van der Waals surface area contributed by atoms with Crippen molar-refractivity contribution in [3.05, 3.63) is 83.7 Å². The molecule has 6 nitrogen and oxygen atoms in total. The number of carbonyl (C=O) groups excluding carboxylic acids is 2. The van der Waals surface area contributed by atoms with Gasteiger partial charge in [0.2, 0.25) is 11.8 Å². The van der Waals surface area contributed by atoms with Crippen LogP contribution in [0.1, 0.15) is 17.0 Å². The number of fused-ring (bicyclic) bond motifs is 1.